The van der Waals surface area contributed by atoms with Gasteiger partial charge in [-0.3, -0.25) is 4.90 Å². The van der Waals surface area contributed by atoms with Gasteiger partial charge in [0, 0.05) is 31.8 Å². The molecule has 0 heterocycles. The van der Waals surface area contributed by atoms with Crippen molar-refractivity contribution in [2.45, 2.75) is 38.8 Å². The molecule has 0 saturated heterocycles. The minimum absolute atomic E-state index is 0.0193. The van der Waals surface area contributed by atoms with Gasteiger partial charge in [0.1, 0.15) is 0 Å². The van der Waals surface area contributed by atoms with Crippen LogP contribution in [0.5, 0.6) is 0 Å². The first kappa shape index (κ1) is 18.0. The van der Waals surface area contributed by atoms with Gasteiger partial charge in [0.2, 0.25) is 0 Å². The van der Waals surface area contributed by atoms with E-state index < -0.39 is 17.7 Å². The molecule has 0 aliphatic heterocycles. The maximum absolute atomic E-state index is 13.6. The third kappa shape index (κ3) is 5.34. The lowest BCUT2D eigenvalue weighted by Gasteiger charge is -2.29. The number of halogens is 2. The molecule has 1 rings (SSSR count). The number of ether oxygens (including phenoxy) is 1. The number of hydrogen-bond acceptors (Lipinski definition) is 3. The van der Waals surface area contributed by atoms with E-state index in [1.54, 1.807) is 7.11 Å². The van der Waals surface area contributed by atoms with E-state index >= 15 is 0 Å². The van der Waals surface area contributed by atoms with Crippen molar-refractivity contribution in [1.82, 2.24) is 4.90 Å². The topological polar surface area (TPSA) is 32.7 Å². The van der Waals surface area contributed by atoms with Crippen LogP contribution in [0.4, 0.5) is 8.78 Å². The van der Waals surface area contributed by atoms with Crippen LogP contribution in [0.1, 0.15) is 38.4 Å². The molecule has 0 aliphatic rings. The third-order valence-electron chi connectivity index (χ3n) is 3.83. The van der Waals surface area contributed by atoms with Crippen molar-refractivity contribution in [2.24, 2.45) is 0 Å². The molecule has 5 heteroatoms. The Hall–Kier alpha value is -1.04. The highest BCUT2D eigenvalue weighted by molar-refractivity contribution is 5.21. The Morgan fingerprint density at radius 3 is 2.62 bits per heavy atom. The summed E-state index contributed by atoms with van der Waals surface area (Å²) in [5, 5.41) is 10.1. The third-order valence-corrected chi connectivity index (χ3v) is 3.83. The second kappa shape index (κ2) is 9.07. The summed E-state index contributed by atoms with van der Waals surface area (Å²) in [6.45, 7) is 6.16. The van der Waals surface area contributed by atoms with Crippen LogP contribution in [0, 0.1) is 11.6 Å². The maximum atomic E-state index is 13.6. The molecule has 0 aliphatic carbocycles. The molecular formula is C16H25F2NO2. The number of hydrogen-bond donors (Lipinski definition) is 1. The molecule has 0 fully saturated rings. The zero-order valence-corrected chi connectivity index (χ0v) is 13.0. The van der Waals surface area contributed by atoms with Gasteiger partial charge in [0.15, 0.2) is 11.6 Å². The van der Waals surface area contributed by atoms with Crippen molar-refractivity contribution in [2.75, 3.05) is 26.8 Å². The van der Waals surface area contributed by atoms with E-state index in [1.807, 2.05) is 0 Å². The van der Waals surface area contributed by atoms with Crippen LogP contribution in [0.2, 0.25) is 0 Å². The molecule has 2 atom stereocenters. The summed E-state index contributed by atoms with van der Waals surface area (Å²) in [6.07, 6.45) is 0.331. The van der Waals surface area contributed by atoms with Crippen LogP contribution < -0.4 is 0 Å². The van der Waals surface area contributed by atoms with E-state index in [0.29, 0.717) is 25.6 Å². The van der Waals surface area contributed by atoms with E-state index in [1.165, 1.54) is 12.1 Å². The van der Waals surface area contributed by atoms with Gasteiger partial charge in [0.25, 0.3) is 0 Å². The summed E-state index contributed by atoms with van der Waals surface area (Å²) >= 11 is 0. The van der Waals surface area contributed by atoms with Gasteiger partial charge in [0.05, 0.1) is 12.7 Å². The molecule has 0 saturated carbocycles. The highest BCUT2D eigenvalue weighted by atomic mass is 19.2. The lowest BCUT2D eigenvalue weighted by molar-refractivity contribution is 0.0951. The fraction of sp³-hybridized carbons (Fsp3) is 0.625. The molecule has 0 spiro atoms. The molecular weight excluding hydrogens is 276 g/mol. The number of benzene rings is 1. The van der Waals surface area contributed by atoms with Gasteiger partial charge in [-0.15, -0.1) is 0 Å². The standard InChI is InChI=1S/C16H25F2NO2/c1-4-12(2)19(10-11-21-3)9-8-15(20)13-6-5-7-14(17)16(13)18/h5-7,12,15,20H,4,8-11H2,1-3H3. The fourth-order valence-electron chi connectivity index (χ4n) is 2.24. The van der Waals surface area contributed by atoms with E-state index in [2.05, 4.69) is 18.7 Å². The largest absolute Gasteiger partial charge is 0.388 e. The Kier molecular flexibility index (Phi) is 7.78. The summed E-state index contributed by atoms with van der Waals surface area (Å²) in [5.41, 5.74) is 0.0193. The summed E-state index contributed by atoms with van der Waals surface area (Å²) < 4.78 is 31.9. The molecule has 3 nitrogen and oxygen atoms in total. The molecule has 0 amide bonds. The first-order chi connectivity index (χ1) is 10.0. The number of rotatable bonds is 9. The molecule has 120 valence electrons. The van der Waals surface area contributed by atoms with Crippen molar-refractivity contribution >= 4 is 0 Å². The lowest BCUT2D eigenvalue weighted by Crippen LogP contribution is -2.36. The van der Waals surface area contributed by atoms with Crippen LogP contribution in [-0.2, 0) is 4.74 Å². The van der Waals surface area contributed by atoms with Crippen LogP contribution in [0.25, 0.3) is 0 Å². The van der Waals surface area contributed by atoms with Gasteiger partial charge < -0.3 is 9.84 Å². The Labute approximate surface area is 125 Å². The van der Waals surface area contributed by atoms with Crippen LogP contribution >= 0.6 is 0 Å². The molecule has 2 unspecified atom stereocenters. The van der Waals surface area contributed by atoms with E-state index in [9.17, 15) is 13.9 Å². The normalized spacial score (nSPS) is 14.4. The molecule has 1 aromatic rings. The predicted octanol–water partition coefficient (Wildman–Crippen LogP) is 3.14. The van der Waals surface area contributed by atoms with Gasteiger partial charge >= 0.3 is 0 Å². The van der Waals surface area contributed by atoms with Crippen molar-refractivity contribution < 1.29 is 18.6 Å². The minimum Gasteiger partial charge on any atom is -0.388 e. The number of nitrogens with zero attached hydrogens (tertiary/aromatic N) is 1. The molecule has 1 N–H and O–H groups in total. The first-order valence-corrected chi connectivity index (χ1v) is 7.36. The van der Waals surface area contributed by atoms with Gasteiger partial charge in [-0.1, -0.05) is 19.1 Å². The highest BCUT2D eigenvalue weighted by Gasteiger charge is 2.18. The number of aliphatic hydroxyl groups excluding tert-OH is 1. The summed E-state index contributed by atoms with van der Waals surface area (Å²) in [7, 11) is 1.64. The van der Waals surface area contributed by atoms with Crippen LogP contribution in [0.3, 0.4) is 0 Å². The van der Waals surface area contributed by atoms with Gasteiger partial charge in [-0.2, -0.15) is 0 Å². The average Bonchev–Trinajstić information content (AvgIpc) is 2.49. The number of aliphatic hydroxyl groups is 1. The SMILES string of the molecule is CCC(C)N(CCOC)CCC(O)c1cccc(F)c1F. The van der Waals surface area contributed by atoms with E-state index in [0.717, 1.165) is 19.0 Å². The minimum atomic E-state index is -1.00. The van der Waals surface area contributed by atoms with Gasteiger partial charge in [-0.05, 0) is 25.8 Å². The fourth-order valence-corrected chi connectivity index (χ4v) is 2.24. The van der Waals surface area contributed by atoms with E-state index in [4.69, 9.17) is 4.74 Å². The quantitative estimate of drug-likeness (QED) is 0.760. The molecule has 21 heavy (non-hydrogen) atoms. The average molecular weight is 301 g/mol. The summed E-state index contributed by atoms with van der Waals surface area (Å²) in [6, 6.07) is 4.24. The Bertz CT molecular complexity index is 429. The second-order valence-electron chi connectivity index (χ2n) is 5.23. The maximum Gasteiger partial charge on any atom is 0.164 e. The lowest BCUT2D eigenvalue weighted by atomic mass is 10.0. The molecule has 0 radical (unpaired) electrons. The van der Waals surface area contributed by atoms with Crippen molar-refractivity contribution in [1.29, 1.82) is 0 Å². The zero-order valence-electron chi connectivity index (χ0n) is 13.0. The molecule has 1 aromatic carbocycles. The molecule has 0 aromatic heterocycles. The Morgan fingerprint density at radius 2 is 2.00 bits per heavy atom. The van der Waals surface area contributed by atoms with Crippen molar-refractivity contribution in [3.8, 4) is 0 Å². The number of methoxy groups -OCH3 is 1. The predicted molar refractivity (Wildman–Crippen MR) is 79.1 cm³/mol. The van der Waals surface area contributed by atoms with Crippen molar-refractivity contribution in [3.05, 3.63) is 35.4 Å². The van der Waals surface area contributed by atoms with Crippen LogP contribution in [-0.4, -0.2) is 42.9 Å². The Balaban J connectivity index is 2.63. The van der Waals surface area contributed by atoms with Gasteiger partial charge in [-0.25, -0.2) is 8.78 Å². The smallest absolute Gasteiger partial charge is 0.164 e. The Morgan fingerprint density at radius 1 is 1.29 bits per heavy atom. The summed E-state index contributed by atoms with van der Waals surface area (Å²) in [4.78, 5) is 2.18. The van der Waals surface area contributed by atoms with Crippen molar-refractivity contribution in [3.63, 3.8) is 0 Å². The second-order valence-corrected chi connectivity index (χ2v) is 5.23. The van der Waals surface area contributed by atoms with E-state index in [-0.39, 0.29) is 5.56 Å². The first-order valence-electron chi connectivity index (χ1n) is 7.36. The summed E-state index contributed by atoms with van der Waals surface area (Å²) in [5.74, 6) is -1.89. The highest BCUT2D eigenvalue weighted by Crippen LogP contribution is 2.22. The molecule has 0 bridgehead atoms. The zero-order chi connectivity index (χ0) is 15.8. The monoisotopic (exact) mass is 301 g/mol. The van der Waals surface area contributed by atoms with Crippen LogP contribution in [0.15, 0.2) is 18.2 Å².